The van der Waals surface area contributed by atoms with Crippen molar-refractivity contribution in [2.24, 2.45) is 0 Å². The van der Waals surface area contributed by atoms with Gasteiger partial charge in [-0.25, -0.2) is 8.42 Å². The maximum absolute atomic E-state index is 13.2. The number of amides is 1. The zero-order valence-electron chi connectivity index (χ0n) is 17.4. The molecule has 9 heteroatoms. The van der Waals surface area contributed by atoms with E-state index >= 15 is 0 Å². The number of rotatable bonds is 10. The predicted molar refractivity (Wildman–Crippen MR) is 124 cm³/mol. The van der Waals surface area contributed by atoms with Crippen molar-refractivity contribution >= 4 is 33.2 Å². The Kier molecular flexibility index (Phi) is 7.97. The van der Waals surface area contributed by atoms with Crippen LogP contribution in [-0.2, 0) is 14.8 Å². The van der Waals surface area contributed by atoms with E-state index in [1.807, 2.05) is 0 Å². The van der Waals surface area contributed by atoms with E-state index in [4.69, 9.17) is 21.1 Å². The van der Waals surface area contributed by atoms with Crippen molar-refractivity contribution in [1.82, 2.24) is 5.32 Å². The van der Waals surface area contributed by atoms with E-state index in [2.05, 4.69) is 5.32 Å². The summed E-state index contributed by atoms with van der Waals surface area (Å²) in [7, 11) is -2.41. The lowest BCUT2D eigenvalue weighted by molar-refractivity contribution is -0.119. The highest BCUT2D eigenvalue weighted by Gasteiger charge is 2.27. The third-order valence-corrected chi connectivity index (χ3v) is 6.47. The highest BCUT2D eigenvalue weighted by molar-refractivity contribution is 7.92. The fourth-order valence-electron chi connectivity index (χ4n) is 2.90. The summed E-state index contributed by atoms with van der Waals surface area (Å²) in [6, 6.07) is 21.4. The number of ether oxygens (including phenoxy) is 2. The second-order valence-electron chi connectivity index (χ2n) is 6.68. The number of methoxy groups -OCH3 is 1. The maximum atomic E-state index is 13.2. The molecule has 0 saturated heterocycles. The number of halogens is 1. The third-order valence-electron chi connectivity index (χ3n) is 4.45. The Bertz CT molecular complexity index is 1160. The van der Waals surface area contributed by atoms with E-state index in [9.17, 15) is 13.2 Å². The number of carbonyl (C=O) groups is 1. The molecule has 3 rings (SSSR count). The van der Waals surface area contributed by atoms with E-state index < -0.39 is 22.5 Å². The van der Waals surface area contributed by atoms with E-state index in [0.717, 1.165) is 4.31 Å². The van der Waals surface area contributed by atoms with Gasteiger partial charge in [0.25, 0.3) is 10.0 Å². The van der Waals surface area contributed by atoms with Crippen LogP contribution in [0.15, 0.2) is 83.8 Å². The zero-order chi connectivity index (χ0) is 23.0. The van der Waals surface area contributed by atoms with Gasteiger partial charge < -0.3 is 14.8 Å². The lowest BCUT2D eigenvalue weighted by Crippen LogP contribution is -2.41. The van der Waals surface area contributed by atoms with Gasteiger partial charge >= 0.3 is 0 Å². The van der Waals surface area contributed by atoms with Gasteiger partial charge in [-0.1, -0.05) is 41.9 Å². The maximum Gasteiger partial charge on any atom is 0.264 e. The summed E-state index contributed by atoms with van der Waals surface area (Å²) in [5.41, 5.74) is 0.295. The third kappa shape index (κ3) is 6.15. The minimum atomic E-state index is -3.98. The standard InChI is InChI=1S/C23H23ClN2O5S/c1-30-20-9-6-10-21(16-20)31-14-13-25-23(27)17-26(19-8-5-7-18(24)15-19)32(28,29)22-11-3-2-4-12-22/h2-12,15-16H,13-14,17H2,1H3,(H,25,27). The van der Waals surface area contributed by atoms with Gasteiger partial charge in [0.05, 0.1) is 24.2 Å². The number of nitrogens with zero attached hydrogens (tertiary/aromatic N) is 1. The lowest BCUT2D eigenvalue weighted by Gasteiger charge is -2.24. The second kappa shape index (κ2) is 10.9. The molecule has 0 spiro atoms. The summed E-state index contributed by atoms with van der Waals surface area (Å²) < 4.78 is 38.2. The average Bonchev–Trinajstić information content (AvgIpc) is 2.81. The van der Waals surface area contributed by atoms with Gasteiger partial charge in [0.1, 0.15) is 24.7 Å². The molecule has 1 amide bonds. The van der Waals surface area contributed by atoms with Crippen LogP contribution in [0, 0.1) is 0 Å². The number of hydrogen-bond acceptors (Lipinski definition) is 5. The fraction of sp³-hybridized carbons (Fsp3) is 0.174. The predicted octanol–water partition coefficient (Wildman–Crippen LogP) is 3.74. The minimum absolute atomic E-state index is 0.0779. The van der Waals surface area contributed by atoms with E-state index in [-0.39, 0.29) is 18.0 Å². The van der Waals surface area contributed by atoms with Crippen LogP contribution >= 0.6 is 11.6 Å². The zero-order valence-corrected chi connectivity index (χ0v) is 19.0. The summed E-state index contributed by atoms with van der Waals surface area (Å²) in [5.74, 6) is 0.791. The van der Waals surface area contributed by atoms with Gasteiger partial charge in [-0.05, 0) is 42.5 Å². The van der Waals surface area contributed by atoms with Crippen LogP contribution in [-0.4, -0.2) is 41.1 Å². The first-order chi connectivity index (χ1) is 15.4. The molecule has 7 nitrogen and oxygen atoms in total. The topological polar surface area (TPSA) is 84.9 Å². The first-order valence-corrected chi connectivity index (χ1v) is 11.6. The molecule has 1 N–H and O–H groups in total. The van der Waals surface area contributed by atoms with Crippen LogP contribution in [0.2, 0.25) is 5.02 Å². The lowest BCUT2D eigenvalue weighted by atomic mass is 10.3. The number of nitrogens with one attached hydrogen (secondary N) is 1. The molecule has 0 aliphatic carbocycles. The summed E-state index contributed by atoms with van der Waals surface area (Å²) in [5, 5.41) is 3.05. The SMILES string of the molecule is COc1cccc(OCCNC(=O)CN(c2cccc(Cl)c2)S(=O)(=O)c2ccccc2)c1. The molecule has 3 aromatic carbocycles. The molecular formula is C23H23ClN2O5S. The Balaban J connectivity index is 1.67. The summed E-state index contributed by atoms with van der Waals surface area (Å²) in [4.78, 5) is 12.7. The smallest absolute Gasteiger partial charge is 0.264 e. The molecule has 0 aliphatic heterocycles. The Morgan fingerprint density at radius 2 is 1.69 bits per heavy atom. The van der Waals surface area contributed by atoms with Gasteiger partial charge in [0.2, 0.25) is 5.91 Å². The van der Waals surface area contributed by atoms with Gasteiger partial charge in [-0.15, -0.1) is 0 Å². The van der Waals surface area contributed by atoms with Crippen molar-refractivity contribution in [3.8, 4) is 11.5 Å². The van der Waals surface area contributed by atoms with Crippen LogP contribution in [0.3, 0.4) is 0 Å². The molecule has 0 bridgehead atoms. The van der Waals surface area contributed by atoms with E-state index in [1.165, 1.54) is 18.2 Å². The first-order valence-electron chi connectivity index (χ1n) is 9.77. The Morgan fingerprint density at radius 3 is 2.41 bits per heavy atom. The highest BCUT2D eigenvalue weighted by Crippen LogP contribution is 2.26. The number of carbonyl (C=O) groups excluding carboxylic acids is 1. The van der Waals surface area contributed by atoms with Crippen LogP contribution in [0.25, 0.3) is 0 Å². The van der Waals surface area contributed by atoms with Crippen LogP contribution in [0.1, 0.15) is 0 Å². The summed E-state index contributed by atoms with van der Waals surface area (Å²) >= 11 is 6.06. The molecule has 0 radical (unpaired) electrons. The van der Waals surface area contributed by atoms with Crippen molar-refractivity contribution < 1.29 is 22.7 Å². The normalized spacial score (nSPS) is 10.9. The molecule has 168 valence electrons. The Hall–Kier alpha value is -3.23. The van der Waals surface area contributed by atoms with Crippen LogP contribution in [0.5, 0.6) is 11.5 Å². The monoisotopic (exact) mass is 474 g/mol. The van der Waals surface area contributed by atoms with Crippen LogP contribution < -0.4 is 19.1 Å². The fourth-order valence-corrected chi connectivity index (χ4v) is 4.52. The molecule has 0 heterocycles. The molecule has 32 heavy (non-hydrogen) atoms. The van der Waals surface area contributed by atoms with Gasteiger partial charge in [-0.3, -0.25) is 9.10 Å². The summed E-state index contributed by atoms with van der Waals surface area (Å²) in [6.45, 7) is 0.00303. The van der Waals surface area contributed by atoms with E-state index in [0.29, 0.717) is 22.2 Å². The molecule has 0 aliphatic rings. The second-order valence-corrected chi connectivity index (χ2v) is 8.98. The molecule has 0 atom stereocenters. The number of anilines is 1. The van der Waals surface area contributed by atoms with Crippen molar-refractivity contribution in [3.63, 3.8) is 0 Å². The average molecular weight is 475 g/mol. The van der Waals surface area contributed by atoms with E-state index in [1.54, 1.807) is 67.8 Å². The molecule has 0 unspecified atom stereocenters. The minimum Gasteiger partial charge on any atom is -0.497 e. The highest BCUT2D eigenvalue weighted by atomic mass is 35.5. The molecular weight excluding hydrogens is 452 g/mol. The van der Waals surface area contributed by atoms with Gasteiger partial charge in [-0.2, -0.15) is 0 Å². The van der Waals surface area contributed by atoms with Crippen molar-refractivity contribution in [2.45, 2.75) is 4.90 Å². The van der Waals surface area contributed by atoms with Gasteiger partial charge in [0.15, 0.2) is 0 Å². The Labute approximate surface area is 192 Å². The molecule has 0 fully saturated rings. The largest absolute Gasteiger partial charge is 0.497 e. The van der Waals surface area contributed by atoms with Crippen molar-refractivity contribution in [1.29, 1.82) is 0 Å². The molecule has 0 saturated carbocycles. The first kappa shape index (κ1) is 23.4. The molecule has 3 aromatic rings. The number of benzene rings is 3. The summed E-state index contributed by atoms with van der Waals surface area (Å²) in [6.07, 6.45) is 0. The Morgan fingerprint density at radius 1 is 0.969 bits per heavy atom. The number of sulfonamides is 1. The quantitative estimate of drug-likeness (QED) is 0.452. The molecule has 0 aromatic heterocycles. The number of hydrogen-bond donors (Lipinski definition) is 1. The van der Waals surface area contributed by atoms with Crippen LogP contribution in [0.4, 0.5) is 5.69 Å². The van der Waals surface area contributed by atoms with Gasteiger partial charge in [0, 0.05) is 11.1 Å². The van der Waals surface area contributed by atoms with Crippen molar-refractivity contribution in [3.05, 3.63) is 83.9 Å². The van der Waals surface area contributed by atoms with Crippen molar-refractivity contribution in [2.75, 3.05) is 31.1 Å².